The Morgan fingerprint density at radius 3 is 2.70 bits per heavy atom. The minimum absolute atomic E-state index is 0.0878. The summed E-state index contributed by atoms with van der Waals surface area (Å²) in [5.41, 5.74) is 1.46. The quantitative estimate of drug-likeness (QED) is 0.820. The first kappa shape index (κ1) is 17.0. The van der Waals surface area contributed by atoms with E-state index in [-0.39, 0.29) is 24.1 Å². The molecule has 2 unspecified atom stereocenters. The van der Waals surface area contributed by atoms with Crippen LogP contribution in [0.3, 0.4) is 0 Å². The fraction of sp³-hybridized carbons (Fsp3) is 0.412. The van der Waals surface area contributed by atoms with E-state index in [1.165, 1.54) is 0 Å². The van der Waals surface area contributed by atoms with Crippen LogP contribution < -0.4 is 10.1 Å². The molecule has 0 aliphatic heterocycles. The maximum Gasteiger partial charge on any atom is 0.290 e. The molecule has 0 aliphatic rings. The Balaban J connectivity index is 1.91. The molecule has 2 N–H and O–H groups in total. The summed E-state index contributed by atoms with van der Waals surface area (Å²) in [6.45, 7) is 4.15. The first-order valence-electron chi connectivity index (χ1n) is 7.62. The predicted molar refractivity (Wildman–Crippen MR) is 85.5 cm³/mol. The zero-order valence-corrected chi connectivity index (χ0v) is 13.6. The minimum atomic E-state index is -0.804. The Kier molecular flexibility index (Phi) is 5.76. The van der Waals surface area contributed by atoms with Gasteiger partial charge < -0.3 is 19.7 Å². The maximum atomic E-state index is 12.0. The van der Waals surface area contributed by atoms with Crippen LogP contribution in [0.1, 0.15) is 54.1 Å². The molecule has 0 fully saturated rings. The number of benzene rings is 1. The van der Waals surface area contributed by atoms with E-state index in [1.54, 1.807) is 37.4 Å². The Morgan fingerprint density at radius 2 is 2.09 bits per heavy atom. The Hall–Kier alpha value is -2.34. The summed E-state index contributed by atoms with van der Waals surface area (Å²) < 4.78 is 10.1. The van der Waals surface area contributed by atoms with Crippen molar-refractivity contribution in [2.24, 2.45) is 0 Å². The number of aliphatic hydroxyl groups is 1. The van der Waals surface area contributed by atoms with Gasteiger partial charge in [0.1, 0.15) is 5.75 Å². The molecule has 0 spiro atoms. The van der Waals surface area contributed by atoms with E-state index in [9.17, 15) is 9.90 Å². The third kappa shape index (κ3) is 4.32. The van der Waals surface area contributed by atoms with Crippen molar-refractivity contribution in [1.29, 1.82) is 0 Å². The fourth-order valence-corrected chi connectivity index (χ4v) is 2.06. The molecule has 1 aromatic carbocycles. The number of nitrogens with one attached hydrogen (secondary N) is 1. The van der Waals surface area contributed by atoms with E-state index in [0.29, 0.717) is 11.3 Å². The summed E-state index contributed by atoms with van der Waals surface area (Å²) in [7, 11) is 1.58. The Morgan fingerprint density at radius 1 is 1.39 bits per heavy atom. The number of carbonyl (C=O) groups excluding carboxylic acids is 1. The number of nitrogens with zero attached hydrogens (tertiary/aromatic N) is 1. The normalized spacial score (nSPS) is 13.4. The summed E-state index contributed by atoms with van der Waals surface area (Å²) in [6, 6.07) is 8.67. The molecule has 6 heteroatoms. The van der Waals surface area contributed by atoms with Gasteiger partial charge in [-0.3, -0.25) is 4.79 Å². The topological polar surface area (TPSA) is 84.6 Å². The summed E-state index contributed by atoms with van der Waals surface area (Å²) in [5.74, 6) is 0.719. The van der Waals surface area contributed by atoms with Gasteiger partial charge >= 0.3 is 0 Å². The van der Waals surface area contributed by atoms with Crippen LogP contribution in [-0.2, 0) is 0 Å². The molecule has 2 aromatic rings. The van der Waals surface area contributed by atoms with Crippen LogP contribution in [0.2, 0.25) is 0 Å². The van der Waals surface area contributed by atoms with E-state index >= 15 is 0 Å². The lowest BCUT2D eigenvalue weighted by molar-refractivity contribution is 0.0880. The molecule has 0 saturated heterocycles. The third-order valence-corrected chi connectivity index (χ3v) is 3.83. The maximum absolute atomic E-state index is 12.0. The van der Waals surface area contributed by atoms with Crippen molar-refractivity contribution in [1.82, 2.24) is 10.5 Å². The highest BCUT2D eigenvalue weighted by atomic mass is 16.5. The SMILES string of the molecule is CCC(C)c1cc(C(=O)NCC(O)c2ccc(OC)cc2)on1. The average Bonchev–Trinajstić information content (AvgIpc) is 3.09. The number of aliphatic hydroxyl groups excluding tert-OH is 1. The van der Waals surface area contributed by atoms with Crippen LogP contribution in [0.15, 0.2) is 34.9 Å². The lowest BCUT2D eigenvalue weighted by Crippen LogP contribution is -2.28. The second-order valence-corrected chi connectivity index (χ2v) is 5.42. The third-order valence-electron chi connectivity index (χ3n) is 3.83. The number of hydrogen-bond acceptors (Lipinski definition) is 5. The fourth-order valence-electron chi connectivity index (χ4n) is 2.06. The number of rotatable bonds is 7. The van der Waals surface area contributed by atoms with Gasteiger partial charge in [0, 0.05) is 18.5 Å². The predicted octanol–water partition coefficient (Wildman–Crippen LogP) is 2.66. The van der Waals surface area contributed by atoms with Gasteiger partial charge in [-0.1, -0.05) is 31.1 Å². The standard InChI is InChI=1S/C17H22N2O4/c1-4-11(2)14-9-16(23-19-14)17(21)18-10-15(20)12-5-7-13(22-3)8-6-12/h5-9,11,15,20H,4,10H2,1-3H3,(H,18,21). The molecule has 0 saturated carbocycles. The zero-order chi connectivity index (χ0) is 16.8. The highest BCUT2D eigenvalue weighted by Gasteiger charge is 2.17. The van der Waals surface area contributed by atoms with Gasteiger partial charge in [0.05, 0.1) is 18.9 Å². The van der Waals surface area contributed by atoms with Gasteiger partial charge in [0.2, 0.25) is 5.76 Å². The van der Waals surface area contributed by atoms with Gasteiger partial charge in [0.15, 0.2) is 0 Å². The highest BCUT2D eigenvalue weighted by Crippen LogP contribution is 2.19. The van der Waals surface area contributed by atoms with Crippen molar-refractivity contribution in [3.63, 3.8) is 0 Å². The van der Waals surface area contributed by atoms with E-state index < -0.39 is 6.10 Å². The lowest BCUT2D eigenvalue weighted by atomic mass is 10.1. The van der Waals surface area contributed by atoms with Gasteiger partial charge in [-0.2, -0.15) is 0 Å². The number of ether oxygens (including phenoxy) is 1. The molecular formula is C17H22N2O4. The van der Waals surface area contributed by atoms with Crippen LogP contribution >= 0.6 is 0 Å². The van der Waals surface area contributed by atoms with Gasteiger partial charge in [0.25, 0.3) is 5.91 Å². The smallest absolute Gasteiger partial charge is 0.290 e. The van der Waals surface area contributed by atoms with Crippen LogP contribution in [0.4, 0.5) is 0 Å². The van der Waals surface area contributed by atoms with Crippen LogP contribution in [-0.4, -0.2) is 29.8 Å². The number of carbonyl (C=O) groups is 1. The van der Waals surface area contributed by atoms with Gasteiger partial charge in [-0.15, -0.1) is 0 Å². The van der Waals surface area contributed by atoms with E-state index in [4.69, 9.17) is 9.26 Å². The molecule has 1 amide bonds. The molecule has 124 valence electrons. The van der Waals surface area contributed by atoms with Gasteiger partial charge in [-0.05, 0) is 24.1 Å². The Bertz CT molecular complexity index is 636. The molecular weight excluding hydrogens is 296 g/mol. The minimum Gasteiger partial charge on any atom is -0.497 e. The number of amides is 1. The van der Waals surface area contributed by atoms with E-state index in [1.807, 2.05) is 13.8 Å². The summed E-state index contributed by atoms with van der Waals surface area (Å²) in [6.07, 6.45) is 0.117. The number of aromatic nitrogens is 1. The van der Waals surface area contributed by atoms with Crippen LogP contribution in [0.25, 0.3) is 0 Å². The zero-order valence-electron chi connectivity index (χ0n) is 13.6. The molecule has 0 aliphatic carbocycles. The number of methoxy groups -OCH3 is 1. The van der Waals surface area contributed by atoms with E-state index in [2.05, 4.69) is 10.5 Å². The van der Waals surface area contributed by atoms with Crippen molar-refractivity contribution in [2.75, 3.05) is 13.7 Å². The first-order chi connectivity index (χ1) is 11.0. The average molecular weight is 318 g/mol. The van der Waals surface area contributed by atoms with Crippen molar-refractivity contribution in [3.05, 3.63) is 47.3 Å². The second-order valence-electron chi connectivity index (χ2n) is 5.42. The van der Waals surface area contributed by atoms with Crippen LogP contribution in [0.5, 0.6) is 5.75 Å². The summed E-state index contributed by atoms with van der Waals surface area (Å²) in [5, 5.41) is 16.7. The molecule has 2 rings (SSSR count). The molecule has 0 bridgehead atoms. The monoisotopic (exact) mass is 318 g/mol. The highest BCUT2D eigenvalue weighted by molar-refractivity contribution is 5.91. The largest absolute Gasteiger partial charge is 0.497 e. The van der Waals surface area contributed by atoms with Crippen molar-refractivity contribution >= 4 is 5.91 Å². The van der Waals surface area contributed by atoms with Crippen molar-refractivity contribution in [2.45, 2.75) is 32.3 Å². The molecule has 0 radical (unpaired) electrons. The van der Waals surface area contributed by atoms with Crippen LogP contribution in [0, 0.1) is 0 Å². The summed E-state index contributed by atoms with van der Waals surface area (Å²) >= 11 is 0. The second kappa shape index (κ2) is 7.78. The molecule has 1 heterocycles. The molecule has 2 atom stereocenters. The summed E-state index contributed by atoms with van der Waals surface area (Å²) in [4.78, 5) is 12.0. The Labute approximate surface area is 135 Å². The van der Waals surface area contributed by atoms with Gasteiger partial charge in [-0.25, -0.2) is 0 Å². The van der Waals surface area contributed by atoms with E-state index in [0.717, 1.165) is 12.1 Å². The van der Waals surface area contributed by atoms with Crippen molar-refractivity contribution in [3.8, 4) is 5.75 Å². The first-order valence-corrected chi connectivity index (χ1v) is 7.62. The molecule has 6 nitrogen and oxygen atoms in total. The molecule has 1 aromatic heterocycles. The lowest BCUT2D eigenvalue weighted by Gasteiger charge is -2.12. The van der Waals surface area contributed by atoms with Crippen molar-refractivity contribution < 1.29 is 19.2 Å². The number of hydrogen-bond donors (Lipinski definition) is 2. The molecule has 23 heavy (non-hydrogen) atoms.